The molecule has 0 saturated carbocycles. The molecule has 0 saturated heterocycles. The molecular formula is C18H17ClN2O. The number of hydrogen-bond acceptors (Lipinski definition) is 1. The minimum absolute atomic E-state index is 0.157. The van der Waals surface area contributed by atoms with Crippen LogP contribution in [0.15, 0.2) is 48.5 Å². The highest BCUT2D eigenvalue weighted by Gasteiger charge is 2.09. The number of halogens is 1. The Balaban J connectivity index is 1.76. The molecule has 0 spiro atoms. The molecule has 22 heavy (non-hydrogen) atoms. The van der Waals surface area contributed by atoms with Gasteiger partial charge in [0, 0.05) is 30.2 Å². The molecule has 2 aromatic carbocycles. The third-order valence-electron chi connectivity index (χ3n) is 3.92. The van der Waals surface area contributed by atoms with E-state index in [1.54, 1.807) is 18.2 Å². The molecule has 112 valence electrons. The quantitative estimate of drug-likeness (QED) is 0.777. The highest BCUT2D eigenvalue weighted by Crippen LogP contribution is 2.20. The van der Waals surface area contributed by atoms with Crippen molar-refractivity contribution in [2.24, 2.45) is 7.05 Å². The second-order valence-corrected chi connectivity index (χ2v) is 5.81. The Morgan fingerprint density at radius 1 is 1.18 bits per heavy atom. The highest BCUT2D eigenvalue weighted by molar-refractivity contribution is 6.33. The normalized spacial score (nSPS) is 10.9. The third kappa shape index (κ3) is 2.72. The molecule has 0 aliphatic carbocycles. The van der Waals surface area contributed by atoms with Gasteiger partial charge in [-0.3, -0.25) is 4.79 Å². The Morgan fingerprint density at radius 2 is 1.95 bits per heavy atom. The van der Waals surface area contributed by atoms with Crippen LogP contribution in [0.2, 0.25) is 5.02 Å². The van der Waals surface area contributed by atoms with Gasteiger partial charge in [0.25, 0.3) is 5.91 Å². The summed E-state index contributed by atoms with van der Waals surface area (Å²) in [5.74, 6) is -0.157. The molecule has 1 aromatic heterocycles. The summed E-state index contributed by atoms with van der Waals surface area (Å²) in [6.45, 7) is 2.56. The molecule has 3 aromatic rings. The fourth-order valence-corrected chi connectivity index (χ4v) is 2.79. The zero-order valence-electron chi connectivity index (χ0n) is 12.6. The smallest absolute Gasteiger partial charge is 0.253 e. The minimum atomic E-state index is -0.157. The first-order valence-electron chi connectivity index (χ1n) is 7.14. The number of aromatic nitrogens is 1. The monoisotopic (exact) mass is 312 g/mol. The molecule has 0 aliphatic heterocycles. The van der Waals surface area contributed by atoms with Gasteiger partial charge in [0.15, 0.2) is 0 Å². The highest BCUT2D eigenvalue weighted by atomic mass is 35.5. The molecule has 0 bridgehead atoms. The lowest BCUT2D eigenvalue weighted by Crippen LogP contribution is -2.23. The van der Waals surface area contributed by atoms with Crippen molar-refractivity contribution in [2.45, 2.75) is 13.5 Å². The predicted molar refractivity (Wildman–Crippen MR) is 90.3 cm³/mol. The van der Waals surface area contributed by atoms with Crippen LogP contribution < -0.4 is 5.32 Å². The molecule has 0 atom stereocenters. The minimum Gasteiger partial charge on any atom is -0.348 e. The van der Waals surface area contributed by atoms with Crippen LogP contribution in [0.1, 0.15) is 21.6 Å². The van der Waals surface area contributed by atoms with E-state index in [4.69, 9.17) is 11.6 Å². The number of hydrogen-bond donors (Lipinski definition) is 1. The van der Waals surface area contributed by atoms with Gasteiger partial charge in [0.1, 0.15) is 0 Å². The molecule has 3 rings (SSSR count). The van der Waals surface area contributed by atoms with E-state index < -0.39 is 0 Å². The number of carbonyl (C=O) groups is 1. The second-order valence-electron chi connectivity index (χ2n) is 5.40. The zero-order valence-corrected chi connectivity index (χ0v) is 13.3. The Morgan fingerprint density at radius 3 is 2.73 bits per heavy atom. The van der Waals surface area contributed by atoms with Crippen molar-refractivity contribution in [3.63, 3.8) is 0 Å². The van der Waals surface area contributed by atoms with Gasteiger partial charge in [-0.25, -0.2) is 0 Å². The summed E-state index contributed by atoms with van der Waals surface area (Å²) in [5.41, 5.74) is 3.98. The van der Waals surface area contributed by atoms with E-state index in [9.17, 15) is 4.79 Å². The molecule has 3 nitrogen and oxygen atoms in total. The van der Waals surface area contributed by atoms with Gasteiger partial charge >= 0.3 is 0 Å². The van der Waals surface area contributed by atoms with Gasteiger partial charge in [0.2, 0.25) is 0 Å². The first-order valence-corrected chi connectivity index (χ1v) is 7.52. The summed E-state index contributed by atoms with van der Waals surface area (Å²) in [6, 6.07) is 15.4. The fraction of sp³-hybridized carbons (Fsp3) is 0.167. The lowest BCUT2D eigenvalue weighted by Gasteiger charge is -2.07. The van der Waals surface area contributed by atoms with Gasteiger partial charge in [0.05, 0.1) is 10.6 Å². The SMILES string of the molecule is Cc1cc2cc(CNC(=O)c3ccccc3Cl)ccc2n1C. The summed E-state index contributed by atoms with van der Waals surface area (Å²) >= 11 is 6.04. The van der Waals surface area contributed by atoms with Crippen molar-refractivity contribution >= 4 is 28.4 Å². The second kappa shape index (κ2) is 5.85. The first kappa shape index (κ1) is 14.7. The van der Waals surface area contributed by atoms with Gasteiger partial charge in [-0.2, -0.15) is 0 Å². The van der Waals surface area contributed by atoms with E-state index in [1.807, 2.05) is 12.1 Å². The van der Waals surface area contributed by atoms with Crippen LogP contribution in [-0.4, -0.2) is 10.5 Å². The molecule has 0 aliphatic rings. The Labute approximate surface area is 134 Å². The summed E-state index contributed by atoms with van der Waals surface area (Å²) in [4.78, 5) is 12.2. The van der Waals surface area contributed by atoms with E-state index in [0.717, 1.165) is 5.56 Å². The van der Waals surface area contributed by atoms with E-state index in [0.29, 0.717) is 17.1 Å². The lowest BCUT2D eigenvalue weighted by molar-refractivity contribution is 0.0951. The van der Waals surface area contributed by atoms with Crippen LogP contribution >= 0.6 is 11.6 Å². The van der Waals surface area contributed by atoms with Crippen LogP contribution in [0.3, 0.4) is 0 Å². The molecule has 0 unspecified atom stereocenters. The van der Waals surface area contributed by atoms with E-state index in [-0.39, 0.29) is 5.91 Å². The van der Waals surface area contributed by atoms with Crippen molar-refractivity contribution in [3.8, 4) is 0 Å². The van der Waals surface area contributed by atoms with E-state index in [1.165, 1.54) is 16.6 Å². The maximum Gasteiger partial charge on any atom is 0.253 e. The Bertz CT molecular complexity index is 851. The first-order chi connectivity index (χ1) is 10.6. The number of fused-ring (bicyclic) bond motifs is 1. The number of nitrogens with one attached hydrogen (secondary N) is 1. The van der Waals surface area contributed by atoms with Crippen molar-refractivity contribution in [3.05, 3.63) is 70.4 Å². The number of nitrogens with zero attached hydrogens (tertiary/aromatic N) is 1. The molecule has 1 heterocycles. The summed E-state index contributed by atoms with van der Waals surface area (Å²) < 4.78 is 2.15. The van der Waals surface area contributed by atoms with Gasteiger partial charge < -0.3 is 9.88 Å². The van der Waals surface area contributed by atoms with Gasteiger partial charge in [-0.15, -0.1) is 0 Å². The maximum absolute atomic E-state index is 12.2. The van der Waals surface area contributed by atoms with E-state index >= 15 is 0 Å². The number of carbonyl (C=O) groups excluding carboxylic acids is 1. The van der Waals surface area contributed by atoms with Crippen molar-refractivity contribution in [1.82, 2.24) is 9.88 Å². The zero-order chi connectivity index (χ0) is 15.7. The third-order valence-corrected chi connectivity index (χ3v) is 4.25. The Kier molecular flexibility index (Phi) is 3.90. The average molecular weight is 313 g/mol. The summed E-state index contributed by atoms with van der Waals surface area (Å²) in [5, 5.41) is 4.56. The van der Waals surface area contributed by atoms with Crippen LogP contribution in [0.4, 0.5) is 0 Å². The number of aryl methyl sites for hydroxylation is 2. The van der Waals surface area contributed by atoms with E-state index in [2.05, 4.69) is 42.1 Å². The molecule has 0 fully saturated rings. The van der Waals surface area contributed by atoms with Crippen LogP contribution in [0.25, 0.3) is 10.9 Å². The molecule has 4 heteroatoms. The topological polar surface area (TPSA) is 34.0 Å². The van der Waals surface area contributed by atoms with Crippen LogP contribution in [0, 0.1) is 6.92 Å². The molecule has 1 N–H and O–H groups in total. The lowest BCUT2D eigenvalue weighted by atomic mass is 10.1. The van der Waals surface area contributed by atoms with Crippen molar-refractivity contribution in [1.29, 1.82) is 0 Å². The molecular weight excluding hydrogens is 296 g/mol. The molecule has 1 amide bonds. The number of benzene rings is 2. The fourth-order valence-electron chi connectivity index (χ4n) is 2.57. The summed E-state index contributed by atoms with van der Waals surface area (Å²) in [6.07, 6.45) is 0. The largest absolute Gasteiger partial charge is 0.348 e. The molecule has 0 radical (unpaired) electrons. The maximum atomic E-state index is 12.2. The number of amides is 1. The predicted octanol–water partition coefficient (Wildman–Crippen LogP) is 4.07. The van der Waals surface area contributed by atoms with Crippen LogP contribution in [0.5, 0.6) is 0 Å². The number of rotatable bonds is 3. The standard InChI is InChI=1S/C18H17ClN2O/c1-12-9-14-10-13(7-8-17(14)21(12)2)11-20-18(22)15-5-3-4-6-16(15)19/h3-10H,11H2,1-2H3,(H,20,22). The van der Waals surface area contributed by atoms with Gasteiger partial charge in [-0.1, -0.05) is 29.8 Å². The Hall–Kier alpha value is -2.26. The average Bonchev–Trinajstić information content (AvgIpc) is 2.80. The van der Waals surface area contributed by atoms with Crippen LogP contribution in [-0.2, 0) is 13.6 Å². The van der Waals surface area contributed by atoms with Crippen molar-refractivity contribution in [2.75, 3.05) is 0 Å². The van der Waals surface area contributed by atoms with Crippen molar-refractivity contribution < 1.29 is 4.79 Å². The summed E-state index contributed by atoms with van der Waals surface area (Å²) in [7, 11) is 2.05. The van der Waals surface area contributed by atoms with Gasteiger partial charge in [-0.05, 0) is 42.8 Å².